The fourth-order valence-corrected chi connectivity index (χ4v) is 0.414. The second kappa shape index (κ2) is 5.55. The number of rotatable bonds is 4. The first-order valence-electron chi connectivity index (χ1n) is 2.13. The van der Waals surface area contributed by atoms with Crippen LogP contribution in [0.3, 0.4) is 0 Å². The summed E-state index contributed by atoms with van der Waals surface area (Å²) in [6.07, 6.45) is -1.42. The smallest absolute Gasteiger partial charge is 0.457 e. The monoisotopic (exact) mass is 189 g/mol. The maximum Gasteiger partial charge on any atom is 0.457 e. The van der Waals surface area contributed by atoms with Crippen molar-refractivity contribution in [2.45, 2.75) is 0 Å². The van der Waals surface area contributed by atoms with Gasteiger partial charge in [-0.3, -0.25) is 0 Å². The van der Waals surface area contributed by atoms with Gasteiger partial charge in [-0.05, 0) is 5.23 Å². The van der Waals surface area contributed by atoms with Gasteiger partial charge in [-0.15, -0.1) is 0 Å². The Hall–Kier alpha value is -0.230. The number of carboxylic acid groups (broad SMARTS) is 1. The molecule has 0 heterocycles. The molecule has 0 aliphatic carbocycles. The number of nitrogens with zero attached hydrogens (tertiary/aromatic N) is 1. The van der Waals surface area contributed by atoms with Crippen molar-refractivity contribution >= 4 is 29.3 Å². The van der Waals surface area contributed by atoms with Crippen molar-refractivity contribution < 1.29 is 19.6 Å². The highest BCUT2D eigenvalue weighted by Gasteiger charge is 2.11. The molecule has 0 rings (SSSR count). The van der Waals surface area contributed by atoms with Crippen LogP contribution in [0.2, 0.25) is 0 Å². The molecule has 60 valence electrons. The van der Waals surface area contributed by atoms with E-state index in [1.807, 2.05) is 0 Å². The molecule has 0 saturated carbocycles. The number of hydrogen-bond acceptors (Lipinski definition) is 3. The van der Waals surface area contributed by atoms with Crippen LogP contribution in [0.5, 0.6) is 0 Å². The lowest BCUT2D eigenvalue weighted by Gasteiger charge is -2.12. The second-order valence-corrected chi connectivity index (χ2v) is 1.45. The molecule has 1 amide bonds. The first-order valence-corrected chi connectivity index (χ1v) is 3.20. The largest absolute Gasteiger partial charge is 0.462 e. The molecule has 0 unspecified atom stereocenters. The van der Waals surface area contributed by atoms with Crippen LogP contribution in [0.4, 0.5) is 4.79 Å². The maximum atomic E-state index is 10.0. The van der Waals surface area contributed by atoms with Crippen LogP contribution in [0.15, 0.2) is 0 Å². The summed E-state index contributed by atoms with van der Waals surface area (Å²) in [5.74, 6) is 0. The molecule has 0 aromatic rings. The molecule has 5 nitrogen and oxygen atoms in total. The van der Waals surface area contributed by atoms with E-state index in [2.05, 4.69) is 9.68 Å². The van der Waals surface area contributed by atoms with Crippen molar-refractivity contribution in [3.8, 4) is 0 Å². The predicted octanol–water partition coefficient (Wildman–Crippen LogP) is 1.22. The van der Waals surface area contributed by atoms with Gasteiger partial charge in [0.25, 0.3) is 0 Å². The summed E-state index contributed by atoms with van der Waals surface area (Å²) in [7, 11) is 0. The zero-order chi connectivity index (χ0) is 7.98. The van der Waals surface area contributed by atoms with E-state index in [4.69, 9.17) is 28.3 Å². The third kappa shape index (κ3) is 3.73. The molecule has 10 heavy (non-hydrogen) atoms. The van der Waals surface area contributed by atoms with E-state index in [0.717, 1.165) is 0 Å². The SMILES string of the molecule is O=C(O)N(OCCl)OCCl. The number of hydroxylamine groups is 2. The molecule has 0 aliphatic rings. The number of amides is 1. The molecule has 0 aromatic carbocycles. The summed E-state index contributed by atoms with van der Waals surface area (Å²) in [6, 6.07) is -0.633. The average Bonchev–Trinajstić information content (AvgIpc) is 1.87. The summed E-state index contributed by atoms with van der Waals surface area (Å²) in [5.41, 5.74) is 0. The number of halogens is 2. The van der Waals surface area contributed by atoms with E-state index < -0.39 is 6.09 Å². The summed E-state index contributed by atoms with van der Waals surface area (Å²) in [4.78, 5) is 18.5. The van der Waals surface area contributed by atoms with E-state index in [9.17, 15) is 4.79 Å². The quantitative estimate of drug-likeness (QED) is 0.534. The first-order chi connectivity index (χ1) is 4.72. The van der Waals surface area contributed by atoms with Gasteiger partial charge < -0.3 is 5.11 Å². The Kier molecular flexibility index (Phi) is 5.42. The van der Waals surface area contributed by atoms with E-state index in [1.54, 1.807) is 0 Å². The van der Waals surface area contributed by atoms with Crippen LogP contribution in [-0.2, 0) is 9.68 Å². The Morgan fingerprint density at radius 3 is 2.00 bits per heavy atom. The molecule has 0 atom stereocenters. The lowest BCUT2D eigenvalue weighted by Crippen LogP contribution is -2.29. The van der Waals surface area contributed by atoms with Crippen LogP contribution in [-0.4, -0.2) is 28.6 Å². The lowest BCUT2D eigenvalue weighted by molar-refractivity contribution is -0.317. The highest BCUT2D eigenvalue weighted by atomic mass is 35.5. The predicted molar refractivity (Wildman–Crippen MR) is 33.5 cm³/mol. The minimum Gasteiger partial charge on any atom is -0.462 e. The Labute approximate surface area is 66.9 Å². The minimum absolute atomic E-state index is 0.181. The fourth-order valence-electron chi connectivity index (χ4n) is 0.236. The van der Waals surface area contributed by atoms with E-state index >= 15 is 0 Å². The number of alkyl halides is 2. The zero-order valence-corrected chi connectivity index (χ0v) is 6.30. The molecule has 0 aliphatic heterocycles. The third-order valence-electron chi connectivity index (χ3n) is 0.488. The Morgan fingerprint density at radius 2 is 1.80 bits per heavy atom. The summed E-state index contributed by atoms with van der Waals surface area (Å²) >= 11 is 10.1. The van der Waals surface area contributed by atoms with Crippen molar-refractivity contribution in [1.29, 1.82) is 0 Å². The average molecular weight is 190 g/mol. The van der Waals surface area contributed by atoms with Crippen molar-refractivity contribution in [2.75, 3.05) is 12.1 Å². The van der Waals surface area contributed by atoms with Crippen LogP contribution in [0, 0.1) is 0 Å². The number of hydrogen-bond donors (Lipinski definition) is 1. The molecule has 0 aromatic heterocycles. The van der Waals surface area contributed by atoms with E-state index in [0.29, 0.717) is 0 Å². The van der Waals surface area contributed by atoms with Gasteiger partial charge >= 0.3 is 6.09 Å². The Morgan fingerprint density at radius 1 is 1.40 bits per heavy atom. The van der Waals surface area contributed by atoms with Gasteiger partial charge in [0.1, 0.15) is 0 Å². The highest BCUT2D eigenvalue weighted by Crippen LogP contribution is 1.95. The van der Waals surface area contributed by atoms with Crippen molar-refractivity contribution in [1.82, 2.24) is 5.23 Å². The maximum absolute atomic E-state index is 10.0. The lowest BCUT2D eigenvalue weighted by atomic mass is 11.2. The van der Waals surface area contributed by atoms with Gasteiger partial charge in [-0.25, -0.2) is 14.5 Å². The van der Waals surface area contributed by atoms with E-state index in [1.165, 1.54) is 0 Å². The summed E-state index contributed by atoms with van der Waals surface area (Å²) < 4.78 is 0. The van der Waals surface area contributed by atoms with Gasteiger partial charge in [-0.1, -0.05) is 23.2 Å². The Bertz CT molecular complexity index is 105. The van der Waals surface area contributed by atoms with Gasteiger partial charge in [0.05, 0.1) is 0 Å². The standard InChI is InChI=1S/C3H5Cl2NO4/c4-1-9-6(3(7)8)10-2-5/h1-2H2,(H,7,8). The Balaban J connectivity index is 3.61. The second-order valence-electron chi connectivity index (χ2n) is 1.02. The van der Waals surface area contributed by atoms with Gasteiger partial charge in [0.15, 0.2) is 12.1 Å². The molecule has 7 heteroatoms. The van der Waals surface area contributed by atoms with Crippen molar-refractivity contribution in [3.05, 3.63) is 0 Å². The van der Waals surface area contributed by atoms with Crippen LogP contribution < -0.4 is 0 Å². The van der Waals surface area contributed by atoms with Gasteiger partial charge in [0, 0.05) is 0 Å². The van der Waals surface area contributed by atoms with Crippen molar-refractivity contribution in [3.63, 3.8) is 0 Å². The molecule has 1 N–H and O–H groups in total. The zero-order valence-electron chi connectivity index (χ0n) is 4.79. The molecule has 0 radical (unpaired) electrons. The molecular formula is C3H5Cl2NO4. The van der Waals surface area contributed by atoms with E-state index in [-0.39, 0.29) is 17.4 Å². The molecular weight excluding hydrogens is 185 g/mol. The molecule has 0 saturated heterocycles. The topological polar surface area (TPSA) is 59.0 Å². The van der Waals surface area contributed by atoms with Crippen LogP contribution >= 0.6 is 23.2 Å². The number of carbonyl (C=O) groups is 1. The van der Waals surface area contributed by atoms with Crippen LogP contribution in [0.25, 0.3) is 0 Å². The fraction of sp³-hybridized carbons (Fsp3) is 0.667. The summed E-state index contributed by atoms with van der Waals surface area (Å²) in [5, 5.41) is 8.37. The van der Waals surface area contributed by atoms with Gasteiger partial charge in [0.2, 0.25) is 0 Å². The first kappa shape index (κ1) is 9.77. The summed E-state index contributed by atoms with van der Waals surface area (Å²) in [6.45, 7) is 0. The molecule has 0 bridgehead atoms. The normalized spacial score (nSPS) is 9.40. The third-order valence-corrected chi connectivity index (χ3v) is 0.683. The molecule has 0 spiro atoms. The highest BCUT2D eigenvalue weighted by molar-refractivity contribution is 6.17. The van der Waals surface area contributed by atoms with Crippen LogP contribution in [0.1, 0.15) is 0 Å². The molecule has 0 fully saturated rings. The minimum atomic E-state index is -1.42. The van der Waals surface area contributed by atoms with Gasteiger partial charge in [-0.2, -0.15) is 0 Å². The van der Waals surface area contributed by atoms with Crippen molar-refractivity contribution in [2.24, 2.45) is 0 Å².